The summed E-state index contributed by atoms with van der Waals surface area (Å²) in [4.78, 5) is 19.1. The number of ether oxygens (including phenoxy) is 1. The summed E-state index contributed by atoms with van der Waals surface area (Å²) in [6, 6.07) is 6.18. The molecule has 6 heteroatoms. The molecule has 3 rings (SSSR count). The molecule has 0 aliphatic carbocycles. The Hall–Kier alpha value is -1.95. The minimum Gasteiger partial charge on any atom is -0.480 e. The molecule has 21 heavy (non-hydrogen) atoms. The van der Waals surface area contributed by atoms with Gasteiger partial charge in [-0.1, -0.05) is 12.1 Å². The van der Waals surface area contributed by atoms with Crippen LogP contribution in [0.15, 0.2) is 24.3 Å². The van der Waals surface area contributed by atoms with Crippen molar-refractivity contribution in [3.63, 3.8) is 0 Å². The molecule has 1 aliphatic heterocycles. The summed E-state index contributed by atoms with van der Waals surface area (Å²) in [5.41, 5.74) is 0.652. The topological polar surface area (TPSA) is 42.4 Å². The highest BCUT2D eigenvalue weighted by atomic mass is 32.1. The second-order valence-electron chi connectivity index (χ2n) is 4.87. The molecule has 4 nitrogen and oxygen atoms in total. The standard InChI is InChI=1S/C15H15FN2O2S/c1-20-13-12(15(19)18-7-2-3-8-18)21-14(17-13)10-5-4-6-11(16)9-10/h4-6,9H,2-3,7-8H2,1H3. The Morgan fingerprint density at radius 1 is 1.38 bits per heavy atom. The van der Waals surface area contributed by atoms with E-state index in [0.717, 1.165) is 25.9 Å². The largest absolute Gasteiger partial charge is 0.480 e. The number of hydrogen-bond acceptors (Lipinski definition) is 4. The molecule has 0 bridgehead atoms. The Labute approximate surface area is 126 Å². The summed E-state index contributed by atoms with van der Waals surface area (Å²) >= 11 is 1.25. The number of carbonyl (C=O) groups excluding carboxylic acids is 1. The maximum absolute atomic E-state index is 13.3. The molecule has 1 fully saturated rings. The summed E-state index contributed by atoms with van der Waals surface area (Å²) in [7, 11) is 1.49. The van der Waals surface area contributed by atoms with Crippen molar-refractivity contribution in [3.05, 3.63) is 35.0 Å². The van der Waals surface area contributed by atoms with Crippen LogP contribution in [0, 0.1) is 5.82 Å². The predicted molar refractivity (Wildman–Crippen MR) is 79.2 cm³/mol. The summed E-state index contributed by atoms with van der Waals surface area (Å²) in [5, 5.41) is 0.592. The Kier molecular flexibility index (Phi) is 3.88. The highest BCUT2D eigenvalue weighted by Crippen LogP contribution is 2.34. The van der Waals surface area contributed by atoms with E-state index < -0.39 is 0 Å². The minimum absolute atomic E-state index is 0.0514. The molecule has 1 aliphatic rings. The van der Waals surface area contributed by atoms with Gasteiger partial charge in [-0.25, -0.2) is 9.37 Å². The number of halogens is 1. The SMILES string of the molecule is COc1nc(-c2cccc(F)c2)sc1C(=O)N1CCCC1. The van der Waals surface area contributed by atoms with E-state index >= 15 is 0 Å². The van der Waals surface area contributed by atoms with Crippen LogP contribution in [0.4, 0.5) is 4.39 Å². The Morgan fingerprint density at radius 2 is 2.14 bits per heavy atom. The average Bonchev–Trinajstić information content (AvgIpc) is 3.16. The van der Waals surface area contributed by atoms with Crippen molar-refractivity contribution in [1.82, 2.24) is 9.88 Å². The number of aromatic nitrogens is 1. The van der Waals surface area contributed by atoms with E-state index in [9.17, 15) is 9.18 Å². The van der Waals surface area contributed by atoms with Gasteiger partial charge in [0, 0.05) is 18.7 Å². The second kappa shape index (κ2) is 5.81. The lowest BCUT2D eigenvalue weighted by molar-refractivity contribution is 0.0794. The van der Waals surface area contributed by atoms with E-state index in [2.05, 4.69) is 4.98 Å². The van der Waals surface area contributed by atoms with E-state index in [-0.39, 0.29) is 11.7 Å². The molecule has 0 spiro atoms. The zero-order valence-corrected chi connectivity index (χ0v) is 12.5. The number of likely N-dealkylation sites (tertiary alicyclic amines) is 1. The van der Waals surface area contributed by atoms with E-state index in [1.165, 1.54) is 30.6 Å². The van der Waals surface area contributed by atoms with Crippen molar-refractivity contribution in [2.24, 2.45) is 0 Å². The third kappa shape index (κ3) is 2.76. The fourth-order valence-corrected chi connectivity index (χ4v) is 3.39. The van der Waals surface area contributed by atoms with Gasteiger partial charge in [-0.3, -0.25) is 4.79 Å². The number of thiazole rings is 1. The summed E-state index contributed by atoms with van der Waals surface area (Å²) in [5.74, 6) is -0.0604. The maximum atomic E-state index is 13.3. The Morgan fingerprint density at radius 3 is 2.81 bits per heavy atom. The zero-order chi connectivity index (χ0) is 14.8. The average molecular weight is 306 g/mol. The number of benzene rings is 1. The molecule has 1 amide bonds. The zero-order valence-electron chi connectivity index (χ0n) is 11.6. The molecule has 0 saturated carbocycles. The lowest BCUT2D eigenvalue weighted by Crippen LogP contribution is -2.27. The lowest BCUT2D eigenvalue weighted by atomic mass is 10.2. The normalized spacial score (nSPS) is 14.5. The molecule has 110 valence electrons. The molecule has 1 saturated heterocycles. The smallest absolute Gasteiger partial charge is 0.269 e. The van der Waals surface area contributed by atoms with E-state index in [0.29, 0.717) is 21.3 Å². The van der Waals surface area contributed by atoms with Gasteiger partial charge in [-0.05, 0) is 25.0 Å². The molecule has 0 radical (unpaired) electrons. The van der Waals surface area contributed by atoms with Crippen molar-refractivity contribution in [2.75, 3.05) is 20.2 Å². The van der Waals surface area contributed by atoms with Gasteiger partial charge in [0.1, 0.15) is 10.8 Å². The van der Waals surface area contributed by atoms with Gasteiger partial charge in [-0.15, -0.1) is 11.3 Å². The number of nitrogens with zero attached hydrogens (tertiary/aromatic N) is 2. The fourth-order valence-electron chi connectivity index (χ4n) is 2.39. The van der Waals surface area contributed by atoms with E-state index in [1.807, 2.05) is 4.90 Å². The highest BCUT2D eigenvalue weighted by molar-refractivity contribution is 7.17. The van der Waals surface area contributed by atoms with Crippen LogP contribution in [0.1, 0.15) is 22.5 Å². The highest BCUT2D eigenvalue weighted by Gasteiger charge is 2.26. The number of amides is 1. The first kappa shape index (κ1) is 14.0. The summed E-state index contributed by atoms with van der Waals surface area (Å²) in [6.45, 7) is 1.55. The van der Waals surface area contributed by atoms with Gasteiger partial charge in [0.2, 0.25) is 5.88 Å². The van der Waals surface area contributed by atoms with Crippen molar-refractivity contribution in [3.8, 4) is 16.5 Å². The van der Waals surface area contributed by atoms with Crippen LogP contribution >= 0.6 is 11.3 Å². The van der Waals surface area contributed by atoms with Crippen LogP contribution < -0.4 is 4.74 Å². The molecule has 2 aromatic rings. The number of carbonyl (C=O) groups is 1. The van der Waals surface area contributed by atoms with Gasteiger partial charge < -0.3 is 9.64 Å². The van der Waals surface area contributed by atoms with Crippen molar-refractivity contribution < 1.29 is 13.9 Å². The van der Waals surface area contributed by atoms with Crippen LogP contribution in [0.2, 0.25) is 0 Å². The number of rotatable bonds is 3. The van der Waals surface area contributed by atoms with Gasteiger partial charge in [0.05, 0.1) is 7.11 Å². The third-order valence-electron chi connectivity index (χ3n) is 3.45. The van der Waals surface area contributed by atoms with Crippen LogP contribution in [-0.4, -0.2) is 36.0 Å². The third-order valence-corrected chi connectivity index (χ3v) is 4.52. The first-order valence-electron chi connectivity index (χ1n) is 6.79. The molecule has 0 unspecified atom stereocenters. The van der Waals surface area contributed by atoms with Crippen LogP contribution in [0.5, 0.6) is 5.88 Å². The van der Waals surface area contributed by atoms with Crippen molar-refractivity contribution in [1.29, 1.82) is 0 Å². The monoisotopic (exact) mass is 306 g/mol. The molecule has 0 atom stereocenters. The van der Waals surface area contributed by atoms with Crippen molar-refractivity contribution in [2.45, 2.75) is 12.8 Å². The van der Waals surface area contributed by atoms with Crippen LogP contribution in [0.25, 0.3) is 10.6 Å². The van der Waals surface area contributed by atoms with Crippen LogP contribution in [-0.2, 0) is 0 Å². The van der Waals surface area contributed by atoms with E-state index in [1.54, 1.807) is 12.1 Å². The first-order chi connectivity index (χ1) is 10.2. The molecule has 1 aromatic heterocycles. The molecule has 1 aromatic carbocycles. The van der Waals surface area contributed by atoms with Crippen LogP contribution in [0.3, 0.4) is 0 Å². The minimum atomic E-state index is -0.325. The molecular weight excluding hydrogens is 291 g/mol. The number of hydrogen-bond donors (Lipinski definition) is 0. The van der Waals surface area contributed by atoms with Gasteiger partial charge in [0.15, 0.2) is 4.88 Å². The Balaban J connectivity index is 1.96. The molecule has 0 N–H and O–H groups in total. The predicted octanol–water partition coefficient (Wildman–Crippen LogP) is 3.19. The van der Waals surface area contributed by atoms with E-state index in [4.69, 9.17) is 4.74 Å². The Bertz CT molecular complexity index is 665. The van der Waals surface area contributed by atoms with Crippen molar-refractivity contribution >= 4 is 17.2 Å². The van der Waals surface area contributed by atoms with Gasteiger partial charge >= 0.3 is 0 Å². The molecular formula is C15H15FN2O2S. The molecule has 2 heterocycles. The fraction of sp³-hybridized carbons (Fsp3) is 0.333. The van der Waals surface area contributed by atoms with Gasteiger partial charge in [0.25, 0.3) is 5.91 Å². The number of methoxy groups -OCH3 is 1. The summed E-state index contributed by atoms with van der Waals surface area (Å²) in [6.07, 6.45) is 2.06. The quantitative estimate of drug-likeness (QED) is 0.874. The van der Waals surface area contributed by atoms with Gasteiger partial charge in [-0.2, -0.15) is 0 Å². The second-order valence-corrected chi connectivity index (χ2v) is 5.87. The maximum Gasteiger partial charge on any atom is 0.269 e. The first-order valence-corrected chi connectivity index (χ1v) is 7.60. The summed E-state index contributed by atoms with van der Waals surface area (Å²) < 4.78 is 18.5. The lowest BCUT2D eigenvalue weighted by Gasteiger charge is -2.13.